The van der Waals surface area contributed by atoms with Crippen LogP contribution in [-0.2, 0) is 6.54 Å². The predicted octanol–water partition coefficient (Wildman–Crippen LogP) is 5.08. The van der Waals surface area contributed by atoms with E-state index in [2.05, 4.69) is 23.5 Å². The Balaban J connectivity index is 1.80. The normalized spacial score (nSPS) is 10.7. The average Bonchev–Trinajstić information content (AvgIpc) is 2.93. The van der Waals surface area contributed by atoms with Gasteiger partial charge < -0.3 is 5.32 Å². The molecular formula is C15H11ClN2O2S. The zero-order valence-electron chi connectivity index (χ0n) is 10.9. The van der Waals surface area contributed by atoms with Crippen LogP contribution in [0.1, 0.15) is 5.56 Å². The predicted molar refractivity (Wildman–Crippen MR) is 87.3 cm³/mol. The Bertz CT molecular complexity index is 816. The Kier molecular flexibility index (Phi) is 3.77. The quantitative estimate of drug-likeness (QED) is 0.539. The van der Waals surface area contributed by atoms with Crippen molar-refractivity contribution in [2.24, 2.45) is 0 Å². The molecule has 0 aliphatic rings. The molecule has 3 aromatic rings. The Morgan fingerprint density at radius 1 is 1.19 bits per heavy atom. The number of nitrogens with zero attached hydrogens (tertiary/aromatic N) is 1. The van der Waals surface area contributed by atoms with Crippen LogP contribution in [0.15, 0.2) is 47.8 Å². The minimum absolute atomic E-state index is 0.0458. The highest BCUT2D eigenvalue weighted by molar-refractivity contribution is 7.17. The van der Waals surface area contributed by atoms with E-state index in [0.717, 1.165) is 5.69 Å². The lowest BCUT2D eigenvalue weighted by atomic mass is 10.2. The molecule has 2 aromatic carbocycles. The van der Waals surface area contributed by atoms with Crippen molar-refractivity contribution in [3.05, 3.63) is 68.5 Å². The van der Waals surface area contributed by atoms with Gasteiger partial charge in [-0.05, 0) is 46.7 Å². The van der Waals surface area contributed by atoms with E-state index in [1.165, 1.54) is 22.2 Å². The first-order valence-electron chi connectivity index (χ1n) is 6.27. The molecule has 0 unspecified atom stereocenters. The zero-order chi connectivity index (χ0) is 14.8. The fraction of sp³-hybridized carbons (Fsp3) is 0.0667. The van der Waals surface area contributed by atoms with Gasteiger partial charge in [0.15, 0.2) is 0 Å². The van der Waals surface area contributed by atoms with E-state index in [1.54, 1.807) is 17.4 Å². The number of nitro benzene ring substituents is 1. The van der Waals surface area contributed by atoms with Gasteiger partial charge in [0, 0.05) is 34.1 Å². The summed E-state index contributed by atoms with van der Waals surface area (Å²) in [5, 5.41) is 17.8. The van der Waals surface area contributed by atoms with Crippen LogP contribution >= 0.6 is 22.9 Å². The summed E-state index contributed by atoms with van der Waals surface area (Å²) in [6.07, 6.45) is 0. The van der Waals surface area contributed by atoms with Crippen molar-refractivity contribution in [1.29, 1.82) is 0 Å². The summed E-state index contributed by atoms with van der Waals surface area (Å²) in [7, 11) is 0. The van der Waals surface area contributed by atoms with E-state index in [-0.39, 0.29) is 5.69 Å². The van der Waals surface area contributed by atoms with E-state index >= 15 is 0 Å². The molecule has 106 valence electrons. The molecule has 4 nitrogen and oxygen atoms in total. The summed E-state index contributed by atoms with van der Waals surface area (Å²) < 4.78 is 1.23. The van der Waals surface area contributed by atoms with Gasteiger partial charge in [-0.1, -0.05) is 11.6 Å². The van der Waals surface area contributed by atoms with Gasteiger partial charge in [0.25, 0.3) is 5.69 Å². The minimum atomic E-state index is -0.419. The fourth-order valence-corrected chi connectivity index (χ4v) is 3.04. The van der Waals surface area contributed by atoms with Crippen molar-refractivity contribution in [3.63, 3.8) is 0 Å². The van der Waals surface area contributed by atoms with Crippen LogP contribution in [0.5, 0.6) is 0 Å². The third-order valence-corrected chi connectivity index (χ3v) is 4.44. The topological polar surface area (TPSA) is 55.2 Å². The van der Waals surface area contributed by atoms with Crippen LogP contribution in [0.2, 0.25) is 5.02 Å². The summed E-state index contributed by atoms with van der Waals surface area (Å²) in [5.41, 5.74) is 1.71. The second kappa shape index (κ2) is 5.71. The molecule has 6 heteroatoms. The number of hydrogen-bond donors (Lipinski definition) is 1. The van der Waals surface area contributed by atoms with Crippen molar-refractivity contribution >= 4 is 44.4 Å². The van der Waals surface area contributed by atoms with Gasteiger partial charge in [0.1, 0.15) is 0 Å². The maximum Gasteiger partial charge on any atom is 0.269 e. The number of nitro groups is 1. The average molecular weight is 319 g/mol. The molecule has 0 aliphatic carbocycles. The maximum atomic E-state index is 10.8. The molecule has 1 heterocycles. The Labute approximate surface area is 130 Å². The standard InChI is InChI=1S/C15H11ClN2O2S/c16-14-3-2-13(18(19)20)8-11(14)9-17-12-1-4-15-10(7-12)5-6-21-15/h1-8,17H,9H2. The van der Waals surface area contributed by atoms with Gasteiger partial charge in [0.05, 0.1) is 4.92 Å². The molecular weight excluding hydrogens is 308 g/mol. The first kappa shape index (κ1) is 13.9. The Hall–Kier alpha value is -2.11. The molecule has 0 fully saturated rings. The van der Waals surface area contributed by atoms with Crippen LogP contribution in [0.4, 0.5) is 11.4 Å². The SMILES string of the molecule is O=[N+]([O-])c1ccc(Cl)c(CNc2ccc3sccc3c2)c1. The third kappa shape index (κ3) is 2.99. The van der Waals surface area contributed by atoms with Gasteiger partial charge in [0.2, 0.25) is 0 Å². The molecule has 1 N–H and O–H groups in total. The lowest BCUT2D eigenvalue weighted by Gasteiger charge is -2.08. The smallest absolute Gasteiger partial charge is 0.269 e. The molecule has 0 bridgehead atoms. The van der Waals surface area contributed by atoms with E-state index in [4.69, 9.17) is 11.6 Å². The van der Waals surface area contributed by atoms with Gasteiger partial charge in [-0.25, -0.2) is 0 Å². The molecule has 0 spiro atoms. The number of anilines is 1. The van der Waals surface area contributed by atoms with E-state index in [1.807, 2.05) is 11.4 Å². The van der Waals surface area contributed by atoms with Gasteiger partial charge in [-0.2, -0.15) is 0 Å². The van der Waals surface area contributed by atoms with Crippen molar-refractivity contribution in [3.8, 4) is 0 Å². The van der Waals surface area contributed by atoms with Crippen LogP contribution in [0, 0.1) is 10.1 Å². The van der Waals surface area contributed by atoms with E-state index in [9.17, 15) is 10.1 Å². The molecule has 21 heavy (non-hydrogen) atoms. The van der Waals surface area contributed by atoms with Crippen LogP contribution in [0.25, 0.3) is 10.1 Å². The number of nitrogens with one attached hydrogen (secondary N) is 1. The highest BCUT2D eigenvalue weighted by Crippen LogP contribution is 2.26. The molecule has 0 aliphatic heterocycles. The molecule has 0 saturated heterocycles. The lowest BCUT2D eigenvalue weighted by molar-refractivity contribution is -0.384. The molecule has 0 atom stereocenters. The molecule has 1 aromatic heterocycles. The highest BCUT2D eigenvalue weighted by atomic mass is 35.5. The van der Waals surface area contributed by atoms with Gasteiger partial charge in [-0.15, -0.1) is 11.3 Å². The number of halogens is 1. The summed E-state index contributed by atoms with van der Waals surface area (Å²) >= 11 is 7.78. The Morgan fingerprint density at radius 2 is 2.05 bits per heavy atom. The maximum absolute atomic E-state index is 10.8. The van der Waals surface area contributed by atoms with Crippen LogP contribution in [-0.4, -0.2) is 4.92 Å². The summed E-state index contributed by atoms with van der Waals surface area (Å²) in [6, 6.07) is 12.6. The third-order valence-electron chi connectivity index (χ3n) is 3.18. The lowest BCUT2D eigenvalue weighted by Crippen LogP contribution is -2.01. The molecule has 0 saturated carbocycles. The summed E-state index contributed by atoms with van der Waals surface area (Å²) in [6.45, 7) is 0.441. The van der Waals surface area contributed by atoms with E-state index in [0.29, 0.717) is 17.1 Å². The largest absolute Gasteiger partial charge is 0.381 e. The molecule has 0 amide bonds. The summed E-state index contributed by atoms with van der Waals surface area (Å²) in [4.78, 5) is 10.4. The van der Waals surface area contributed by atoms with E-state index < -0.39 is 4.92 Å². The van der Waals surface area contributed by atoms with Crippen molar-refractivity contribution < 1.29 is 4.92 Å². The van der Waals surface area contributed by atoms with Gasteiger partial charge in [-0.3, -0.25) is 10.1 Å². The number of fused-ring (bicyclic) bond motifs is 1. The molecule has 3 rings (SSSR count). The first-order valence-corrected chi connectivity index (χ1v) is 7.53. The van der Waals surface area contributed by atoms with Crippen molar-refractivity contribution in [2.75, 3.05) is 5.32 Å². The molecule has 0 radical (unpaired) electrons. The van der Waals surface area contributed by atoms with Crippen molar-refractivity contribution in [1.82, 2.24) is 0 Å². The second-order valence-electron chi connectivity index (χ2n) is 4.56. The van der Waals surface area contributed by atoms with Crippen LogP contribution in [0.3, 0.4) is 0 Å². The summed E-state index contributed by atoms with van der Waals surface area (Å²) in [5.74, 6) is 0. The first-order chi connectivity index (χ1) is 10.1. The number of thiophene rings is 1. The van der Waals surface area contributed by atoms with Gasteiger partial charge >= 0.3 is 0 Å². The number of rotatable bonds is 4. The van der Waals surface area contributed by atoms with Crippen LogP contribution < -0.4 is 5.32 Å². The van der Waals surface area contributed by atoms with Crippen molar-refractivity contribution in [2.45, 2.75) is 6.54 Å². The number of hydrogen-bond acceptors (Lipinski definition) is 4. The fourth-order valence-electron chi connectivity index (χ4n) is 2.08. The minimum Gasteiger partial charge on any atom is -0.381 e. The zero-order valence-corrected chi connectivity index (χ0v) is 12.4. The highest BCUT2D eigenvalue weighted by Gasteiger charge is 2.09. The Morgan fingerprint density at radius 3 is 2.86 bits per heavy atom. The number of benzene rings is 2. The second-order valence-corrected chi connectivity index (χ2v) is 5.91. The number of non-ortho nitro benzene ring substituents is 1. The monoisotopic (exact) mass is 318 g/mol.